The first-order chi connectivity index (χ1) is 12.7. The molecular formula is C20H23FN2O3S. The molecule has 5 nitrogen and oxygen atoms in total. The first-order valence-corrected chi connectivity index (χ1v) is 10.3. The maximum atomic E-state index is 14.4. The van der Waals surface area contributed by atoms with Gasteiger partial charge in [-0.2, -0.15) is 4.31 Å². The summed E-state index contributed by atoms with van der Waals surface area (Å²) in [4.78, 5) is 13.5. The van der Waals surface area contributed by atoms with E-state index in [9.17, 15) is 17.6 Å². The van der Waals surface area contributed by atoms with E-state index in [1.807, 2.05) is 17.9 Å². The van der Waals surface area contributed by atoms with Crippen molar-refractivity contribution in [3.05, 3.63) is 58.9 Å². The molecule has 1 aliphatic heterocycles. The van der Waals surface area contributed by atoms with Crippen molar-refractivity contribution in [2.75, 3.05) is 31.1 Å². The minimum absolute atomic E-state index is 0.190. The predicted molar refractivity (Wildman–Crippen MR) is 103 cm³/mol. The highest BCUT2D eigenvalue weighted by molar-refractivity contribution is 7.89. The molecule has 0 radical (unpaired) electrons. The molecule has 1 heterocycles. The molecule has 1 aliphatic rings. The quantitative estimate of drug-likeness (QED) is 0.753. The molecule has 1 fully saturated rings. The molecular weight excluding hydrogens is 367 g/mol. The lowest BCUT2D eigenvalue weighted by molar-refractivity contribution is 0.101. The zero-order valence-corrected chi connectivity index (χ0v) is 16.5. The molecule has 0 N–H and O–H groups in total. The van der Waals surface area contributed by atoms with E-state index in [1.54, 1.807) is 31.2 Å². The van der Waals surface area contributed by atoms with E-state index >= 15 is 0 Å². The SMILES string of the molecule is CC(=O)c1ccc(N2CCN(S(=O)(=O)c3ccc(C)cc3C)CC2)c(F)c1. The molecule has 27 heavy (non-hydrogen) atoms. The summed E-state index contributed by atoms with van der Waals surface area (Å²) in [6.07, 6.45) is 0. The lowest BCUT2D eigenvalue weighted by Crippen LogP contribution is -2.49. The topological polar surface area (TPSA) is 57.7 Å². The smallest absolute Gasteiger partial charge is 0.243 e. The molecule has 3 rings (SSSR count). The number of carbonyl (C=O) groups is 1. The Labute approximate surface area is 159 Å². The highest BCUT2D eigenvalue weighted by atomic mass is 32.2. The molecule has 2 aromatic rings. The van der Waals surface area contributed by atoms with Crippen molar-refractivity contribution in [3.8, 4) is 0 Å². The average Bonchev–Trinajstić information content (AvgIpc) is 2.61. The lowest BCUT2D eigenvalue weighted by Gasteiger charge is -2.35. The van der Waals surface area contributed by atoms with Gasteiger partial charge in [0.2, 0.25) is 10.0 Å². The van der Waals surface area contributed by atoms with Crippen LogP contribution in [0.3, 0.4) is 0 Å². The molecule has 1 saturated heterocycles. The number of aryl methyl sites for hydroxylation is 2. The van der Waals surface area contributed by atoms with Crippen molar-refractivity contribution in [3.63, 3.8) is 0 Å². The van der Waals surface area contributed by atoms with Crippen molar-refractivity contribution in [2.45, 2.75) is 25.7 Å². The normalized spacial score (nSPS) is 15.8. The van der Waals surface area contributed by atoms with E-state index in [4.69, 9.17) is 0 Å². The van der Waals surface area contributed by atoms with Gasteiger partial charge in [0.15, 0.2) is 5.78 Å². The summed E-state index contributed by atoms with van der Waals surface area (Å²) >= 11 is 0. The van der Waals surface area contributed by atoms with Gasteiger partial charge in [-0.05, 0) is 50.6 Å². The summed E-state index contributed by atoms with van der Waals surface area (Å²) in [6.45, 7) is 6.45. The van der Waals surface area contributed by atoms with Crippen molar-refractivity contribution in [1.82, 2.24) is 4.31 Å². The number of benzene rings is 2. The molecule has 0 spiro atoms. The van der Waals surface area contributed by atoms with Crippen LogP contribution in [0.15, 0.2) is 41.3 Å². The van der Waals surface area contributed by atoms with Gasteiger partial charge in [-0.15, -0.1) is 0 Å². The van der Waals surface area contributed by atoms with Crippen molar-refractivity contribution in [1.29, 1.82) is 0 Å². The monoisotopic (exact) mass is 390 g/mol. The van der Waals surface area contributed by atoms with E-state index in [2.05, 4.69) is 0 Å². The minimum Gasteiger partial charge on any atom is -0.367 e. The van der Waals surface area contributed by atoms with Gasteiger partial charge in [-0.3, -0.25) is 4.79 Å². The van der Waals surface area contributed by atoms with Crippen LogP contribution in [-0.2, 0) is 10.0 Å². The first-order valence-electron chi connectivity index (χ1n) is 8.83. The molecule has 0 amide bonds. The minimum atomic E-state index is -3.57. The highest BCUT2D eigenvalue weighted by Crippen LogP contribution is 2.26. The molecule has 0 bridgehead atoms. The van der Waals surface area contributed by atoms with E-state index in [0.717, 1.165) is 11.1 Å². The second-order valence-corrected chi connectivity index (χ2v) is 8.79. The van der Waals surface area contributed by atoms with Gasteiger partial charge in [0.25, 0.3) is 0 Å². The lowest BCUT2D eigenvalue weighted by atomic mass is 10.1. The maximum Gasteiger partial charge on any atom is 0.243 e. The van der Waals surface area contributed by atoms with E-state index in [-0.39, 0.29) is 18.9 Å². The Kier molecular flexibility index (Phi) is 5.35. The molecule has 7 heteroatoms. The third-order valence-corrected chi connectivity index (χ3v) is 6.94. The van der Waals surface area contributed by atoms with Crippen molar-refractivity contribution in [2.24, 2.45) is 0 Å². The molecule has 0 saturated carbocycles. The maximum absolute atomic E-state index is 14.4. The fourth-order valence-corrected chi connectivity index (χ4v) is 5.01. The number of hydrogen-bond donors (Lipinski definition) is 0. The van der Waals surface area contributed by atoms with Crippen LogP contribution in [0.2, 0.25) is 0 Å². The van der Waals surface area contributed by atoms with Gasteiger partial charge in [0.1, 0.15) is 5.82 Å². The Balaban J connectivity index is 1.76. The van der Waals surface area contributed by atoms with Gasteiger partial charge in [0, 0.05) is 31.7 Å². The Morgan fingerprint density at radius 1 is 1.00 bits per heavy atom. The third-order valence-electron chi connectivity index (χ3n) is 4.88. The number of hydrogen-bond acceptors (Lipinski definition) is 4. The van der Waals surface area contributed by atoms with E-state index in [1.165, 1.54) is 17.3 Å². The number of anilines is 1. The Bertz CT molecular complexity index is 981. The number of sulfonamides is 1. The molecule has 2 aromatic carbocycles. The average molecular weight is 390 g/mol. The first kappa shape index (κ1) is 19.5. The summed E-state index contributed by atoms with van der Waals surface area (Å²) in [7, 11) is -3.57. The number of rotatable bonds is 4. The second-order valence-electron chi connectivity index (χ2n) is 6.88. The van der Waals surface area contributed by atoms with Gasteiger partial charge in [-0.1, -0.05) is 17.7 Å². The van der Waals surface area contributed by atoms with Gasteiger partial charge >= 0.3 is 0 Å². The van der Waals surface area contributed by atoms with Crippen LogP contribution in [0.4, 0.5) is 10.1 Å². The summed E-state index contributed by atoms with van der Waals surface area (Å²) in [6, 6.07) is 9.71. The summed E-state index contributed by atoms with van der Waals surface area (Å²) in [5.74, 6) is -0.654. The fraction of sp³-hybridized carbons (Fsp3) is 0.350. The zero-order chi connectivity index (χ0) is 19.8. The number of piperazine rings is 1. The van der Waals surface area contributed by atoms with E-state index in [0.29, 0.717) is 29.2 Å². The second kappa shape index (κ2) is 7.40. The molecule has 144 valence electrons. The standard InChI is InChI=1S/C20H23FN2O3S/c1-14-4-7-20(15(2)12-14)27(25,26)23-10-8-22(9-11-23)19-6-5-17(16(3)24)13-18(19)21/h4-7,12-13H,8-11H2,1-3H3. The Hall–Kier alpha value is -2.25. The molecule has 0 unspecified atom stereocenters. The number of carbonyl (C=O) groups excluding carboxylic acids is 1. The summed E-state index contributed by atoms with van der Waals surface area (Å²) in [5, 5.41) is 0. The fourth-order valence-electron chi connectivity index (χ4n) is 3.38. The number of nitrogens with zero attached hydrogens (tertiary/aromatic N) is 2. The molecule has 0 aliphatic carbocycles. The van der Waals surface area contributed by atoms with Crippen LogP contribution in [0.1, 0.15) is 28.4 Å². The van der Waals surface area contributed by atoms with Crippen LogP contribution in [-0.4, -0.2) is 44.7 Å². The van der Waals surface area contributed by atoms with Crippen LogP contribution in [0, 0.1) is 19.7 Å². The van der Waals surface area contributed by atoms with E-state index < -0.39 is 15.8 Å². The summed E-state index contributed by atoms with van der Waals surface area (Å²) in [5.41, 5.74) is 2.46. The number of ketones is 1. The molecule has 0 atom stereocenters. The van der Waals surface area contributed by atoms with Crippen molar-refractivity contribution >= 4 is 21.5 Å². The Morgan fingerprint density at radius 2 is 1.67 bits per heavy atom. The predicted octanol–water partition coefficient (Wildman–Crippen LogP) is 3.16. The van der Waals surface area contributed by atoms with Crippen LogP contribution in [0.25, 0.3) is 0 Å². The van der Waals surface area contributed by atoms with Gasteiger partial charge in [-0.25, -0.2) is 12.8 Å². The number of halogens is 1. The number of Topliss-reactive ketones (excluding diaryl/α,β-unsaturated/α-hetero) is 1. The Morgan fingerprint density at radius 3 is 2.22 bits per heavy atom. The summed E-state index contributed by atoms with van der Waals surface area (Å²) < 4.78 is 41.7. The largest absolute Gasteiger partial charge is 0.367 e. The van der Waals surface area contributed by atoms with Gasteiger partial charge < -0.3 is 4.90 Å². The van der Waals surface area contributed by atoms with Gasteiger partial charge in [0.05, 0.1) is 10.6 Å². The van der Waals surface area contributed by atoms with Crippen LogP contribution < -0.4 is 4.90 Å². The van der Waals surface area contributed by atoms with Crippen LogP contribution in [0.5, 0.6) is 0 Å². The highest BCUT2D eigenvalue weighted by Gasteiger charge is 2.30. The molecule has 0 aromatic heterocycles. The zero-order valence-electron chi connectivity index (χ0n) is 15.7. The van der Waals surface area contributed by atoms with Crippen LogP contribution >= 0.6 is 0 Å². The third kappa shape index (κ3) is 3.89. The van der Waals surface area contributed by atoms with Crippen molar-refractivity contribution < 1.29 is 17.6 Å².